The Kier molecular flexibility index (Phi) is 3.51. The quantitative estimate of drug-likeness (QED) is 0.459. The Morgan fingerprint density at radius 3 is 1.81 bits per heavy atom. The van der Waals surface area contributed by atoms with Gasteiger partial charge in [-0.05, 0) is 34.8 Å². The summed E-state index contributed by atoms with van der Waals surface area (Å²) in [6.07, 6.45) is 0. The fraction of sp³-hybridized carbons (Fsp3) is 0.391. The van der Waals surface area contributed by atoms with Crippen molar-refractivity contribution in [1.29, 1.82) is 0 Å². The summed E-state index contributed by atoms with van der Waals surface area (Å²) in [5.41, 5.74) is 5.81. The molecule has 1 saturated heterocycles. The summed E-state index contributed by atoms with van der Waals surface area (Å²) >= 11 is 0. The summed E-state index contributed by atoms with van der Waals surface area (Å²) in [5.74, 6) is -0.0465. The Morgan fingerprint density at radius 2 is 1.33 bits per heavy atom. The van der Waals surface area contributed by atoms with Gasteiger partial charge in [0, 0.05) is 17.3 Å². The molecule has 1 aliphatic heterocycles. The van der Waals surface area contributed by atoms with E-state index in [2.05, 4.69) is 69.0 Å². The van der Waals surface area contributed by atoms with E-state index in [0.717, 1.165) is 5.57 Å². The van der Waals surface area contributed by atoms with Crippen LogP contribution in [0.1, 0.15) is 54.9 Å². The Labute approximate surface area is 160 Å². The highest BCUT2D eigenvalue weighted by atomic mass is 31.2. The van der Waals surface area contributed by atoms with E-state index in [1.807, 2.05) is 6.92 Å². The highest BCUT2D eigenvalue weighted by Gasteiger charge is 2.64. The minimum Gasteiger partial charge on any atom is -0.307 e. The van der Waals surface area contributed by atoms with Gasteiger partial charge >= 0.3 is 7.60 Å². The van der Waals surface area contributed by atoms with E-state index in [4.69, 9.17) is 9.05 Å². The highest BCUT2D eigenvalue weighted by Crippen LogP contribution is 2.76. The summed E-state index contributed by atoms with van der Waals surface area (Å²) in [7, 11) is -3.39. The lowest BCUT2D eigenvalue weighted by Crippen LogP contribution is -2.49. The molecule has 0 amide bonds. The van der Waals surface area contributed by atoms with E-state index >= 15 is 0 Å². The van der Waals surface area contributed by atoms with E-state index in [9.17, 15) is 4.57 Å². The molecule has 0 N–H and O–H groups in total. The zero-order valence-corrected chi connectivity index (χ0v) is 17.0. The number of allylic oxidation sites excluding steroid dienone is 1. The van der Waals surface area contributed by atoms with Crippen molar-refractivity contribution >= 4 is 7.60 Å². The Hall–Kier alpha value is -1.67. The third-order valence-electron chi connectivity index (χ3n) is 6.62. The van der Waals surface area contributed by atoms with Crippen LogP contribution in [0.2, 0.25) is 0 Å². The van der Waals surface area contributed by atoms with E-state index in [0.29, 0.717) is 13.2 Å². The molecule has 0 unspecified atom stereocenters. The van der Waals surface area contributed by atoms with Crippen LogP contribution < -0.4 is 0 Å². The number of hydrogen-bond donors (Lipinski definition) is 0. The van der Waals surface area contributed by atoms with E-state index in [-0.39, 0.29) is 17.3 Å². The maximum absolute atomic E-state index is 14.1. The molecule has 1 fully saturated rings. The lowest BCUT2D eigenvalue weighted by atomic mass is 9.57. The largest absolute Gasteiger partial charge is 0.341 e. The molecule has 0 radical (unpaired) electrons. The maximum atomic E-state index is 14.1. The van der Waals surface area contributed by atoms with Gasteiger partial charge < -0.3 is 9.05 Å². The van der Waals surface area contributed by atoms with Crippen molar-refractivity contribution in [2.75, 3.05) is 13.2 Å². The van der Waals surface area contributed by atoms with Gasteiger partial charge in [0.15, 0.2) is 0 Å². The SMILES string of the molecule is C=C1C2c3ccccc3C(c3ccccc32)[C@]1(C)P1(=O)OCC(C)(C)CO1. The monoisotopic (exact) mass is 380 g/mol. The highest BCUT2D eigenvalue weighted by molar-refractivity contribution is 7.56. The molecular formula is C23H25O3P. The first-order chi connectivity index (χ1) is 12.8. The minimum absolute atomic E-state index is 0.0281. The molecule has 4 heteroatoms. The van der Waals surface area contributed by atoms with Gasteiger partial charge in [0.2, 0.25) is 0 Å². The minimum atomic E-state index is -3.39. The van der Waals surface area contributed by atoms with Crippen LogP contribution in [0.3, 0.4) is 0 Å². The fourth-order valence-electron chi connectivity index (χ4n) is 5.07. The number of hydrogen-bond acceptors (Lipinski definition) is 3. The van der Waals surface area contributed by atoms with Gasteiger partial charge in [-0.3, -0.25) is 4.57 Å². The van der Waals surface area contributed by atoms with Crippen LogP contribution in [0.5, 0.6) is 0 Å². The topological polar surface area (TPSA) is 35.5 Å². The van der Waals surface area contributed by atoms with Crippen LogP contribution in [-0.2, 0) is 13.6 Å². The van der Waals surface area contributed by atoms with Crippen molar-refractivity contribution < 1.29 is 13.6 Å². The van der Waals surface area contributed by atoms with E-state index in [1.54, 1.807) is 0 Å². The molecule has 2 aromatic carbocycles. The van der Waals surface area contributed by atoms with Gasteiger partial charge in [-0.15, -0.1) is 0 Å². The fourth-order valence-corrected chi connectivity index (χ4v) is 7.79. The molecule has 6 rings (SSSR count). The number of benzene rings is 2. The van der Waals surface area contributed by atoms with E-state index in [1.165, 1.54) is 22.3 Å². The average molecular weight is 380 g/mol. The zero-order chi connectivity index (χ0) is 19.0. The Morgan fingerprint density at radius 1 is 0.889 bits per heavy atom. The van der Waals surface area contributed by atoms with Crippen LogP contribution in [0.25, 0.3) is 0 Å². The van der Waals surface area contributed by atoms with Gasteiger partial charge in [0.25, 0.3) is 0 Å². The van der Waals surface area contributed by atoms with Gasteiger partial charge in [0.05, 0.1) is 13.2 Å². The summed E-state index contributed by atoms with van der Waals surface area (Å²) in [5, 5.41) is -0.767. The molecule has 2 aromatic rings. The molecule has 4 aliphatic rings. The molecule has 0 spiro atoms. The Bertz CT molecular complexity index is 947. The molecule has 3 nitrogen and oxygen atoms in total. The van der Waals surface area contributed by atoms with Gasteiger partial charge in [-0.1, -0.05) is 69.0 Å². The molecule has 0 aromatic heterocycles. The summed E-state index contributed by atoms with van der Waals surface area (Å²) in [6, 6.07) is 16.9. The van der Waals surface area contributed by atoms with Crippen LogP contribution in [0.4, 0.5) is 0 Å². The van der Waals surface area contributed by atoms with Gasteiger partial charge in [-0.2, -0.15) is 0 Å². The first-order valence-corrected chi connectivity index (χ1v) is 11.1. The second-order valence-electron chi connectivity index (χ2n) is 9.01. The third kappa shape index (κ3) is 2.14. The summed E-state index contributed by atoms with van der Waals surface area (Å²) in [4.78, 5) is 0. The van der Waals surface area contributed by atoms with Crippen LogP contribution in [-0.4, -0.2) is 18.4 Å². The van der Waals surface area contributed by atoms with Crippen molar-refractivity contribution in [2.24, 2.45) is 5.41 Å². The maximum Gasteiger partial charge on any atom is 0.341 e. The molecule has 0 saturated carbocycles. The molecule has 1 atom stereocenters. The van der Waals surface area contributed by atoms with Gasteiger partial charge in [-0.25, -0.2) is 0 Å². The molecule has 140 valence electrons. The second kappa shape index (κ2) is 5.44. The third-order valence-corrected chi connectivity index (χ3v) is 9.24. The molecule has 3 aliphatic carbocycles. The lowest BCUT2D eigenvalue weighted by molar-refractivity contribution is 0.0329. The van der Waals surface area contributed by atoms with Gasteiger partial charge in [0.1, 0.15) is 5.16 Å². The molecule has 27 heavy (non-hydrogen) atoms. The number of rotatable bonds is 1. The van der Waals surface area contributed by atoms with Crippen molar-refractivity contribution in [2.45, 2.75) is 37.8 Å². The normalized spacial score (nSPS) is 32.6. The van der Waals surface area contributed by atoms with Crippen LogP contribution in [0, 0.1) is 5.41 Å². The van der Waals surface area contributed by atoms with Crippen molar-refractivity contribution in [3.05, 3.63) is 82.9 Å². The van der Waals surface area contributed by atoms with Crippen LogP contribution >= 0.6 is 7.60 Å². The standard InChI is InChI=1S/C23H25O3P/c1-15-20-16-9-5-7-11-18(16)21(19-12-8-6-10-17(19)20)23(15,4)27(24)25-13-22(2,3)14-26-27/h5-12,20-21H,1,13-14H2,2-4H3/t20?,21?,23-/m1/s1. The predicted molar refractivity (Wildman–Crippen MR) is 107 cm³/mol. The average Bonchev–Trinajstić information content (AvgIpc) is 2.66. The Balaban J connectivity index is 1.74. The molecule has 2 bridgehead atoms. The lowest BCUT2D eigenvalue weighted by Gasteiger charge is -2.56. The first kappa shape index (κ1) is 17.4. The van der Waals surface area contributed by atoms with Crippen molar-refractivity contribution in [3.63, 3.8) is 0 Å². The number of fused-ring (bicyclic) bond motifs is 1. The second-order valence-corrected chi connectivity index (χ2v) is 11.4. The van der Waals surface area contributed by atoms with Crippen molar-refractivity contribution in [1.82, 2.24) is 0 Å². The molecule has 1 heterocycles. The summed E-state index contributed by atoms with van der Waals surface area (Å²) in [6.45, 7) is 11.5. The smallest absolute Gasteiger partial charge is 0.307 e. The first-order valence-electron chi connectivity index (χ1n) is 9.55. The van der Waals surface area contributed by atoms with Crippen molar-refractivity contribution in [3.8, 4) is 0 Å². The predicted octanol–water partition coefficient (Wildman–Crippen LogP) is 5.86. The molecular weight excluding hydrogens is 355 g/mol. The van der Waals surface area contributed by atoms with E-state index < -0.39 is 12.8 Å². The zero-order valence-electron chi connectivity index (χ0n) is 16.1. The summed E-state index contributed by atoms with van der Waals surface area (Å²) < 4.78 is 26.2. The van der Waals surface area contributed by atoms with Crippen LogP contribution in [0.15, 0.2) is 60.7 Å².